The predicted octanol–water partition coefficient (Wildman–Crippen LogP) is 3.64. The summed E-state index contributed by atoms with van der Waals surface area (Å²) >= 11 is 5.81. The summed E-state index contributed by atoms with van der Waals surface area (Å²) in [4.78, 5) is 0. The minimum absolute atomic E-state index is 0.774. The summed E-state index contributed by atoms with van der Waals surface area (Å²) in [5.74, 6) is 0. The first kappa shape index (κ1) is 11.2. The third-order valence-electron chi connectivity index (χ3n) is 2.29. The van der Waals surface area contributed by atoms with Crippen molar-refractivity contribution in [1.82, 2.24) is 5.32 Å². The predicted molar refractivity (Wildman–Crippen MR) is 68.1 cm³/mol. The van der Waals surface area contributed by atoms with Crippen LogP contribution in [0.15, 0.2) is 54.6 Å². The molecule has 0 aliphatic carbocycles. The molecule has 81 valence electrons. The second-order valence-electron chi connectivity index (χ2n) is 3.56. The van der Waals surface area contributed by atoms with Gasteiger partial charge in [-0.05, 0) is 23.3 Å². The van der Waals surface area contributed by atoms with E-state index >= 15 is 0 Å². The first-order chi connectivity index (χ1) is 7.84. The monoisotopic (exact) mass is 230 g/mol. The number of nitrogens with one attached hydrogen (secondary N) is 1. The van der Waals surface area contributed by atoms with Crippen LogP contribution in [0.3, 0.4) is 0 Å². The molecule has 1 nitrogen and oxygen atoms in total. The van der Waals surface area contributed by atoms with Crippen molar-refractivity contribution in [1.29, 1.82) is 0 Å². The van der Waals surface area contributed by atoms with Crippen molar-refractivity contribution in [2.75, 3.05) is 0 Å². The van der Waals surface area contributed by atoms with Crippen molar-refractivity contribution in [2.24, 2.45) is 0 Å². The van der Waals surface area contributed by atoms with Crippen molar-refractivity contribution >= 4 is 11.6 Å². The summed E-state index contributed by atoms with van der Waals surface area (Å²) < 4.78 is 0. The second kappa shape index (κ2) is 5.69. The van der Waals surface area contributed by atoms with Gasteiger partial charge < -0.3 is 5.32 Å². The highest BCUT2D eigenvalue weighted by molar-refractivity contribution is 6.30. The Hall–Kier alpha value is -1.31. The van der Waals surface area contributed by atoms with Gasteiger partial charge in [-0.2, -0.15) is 0 Å². The van der Waals surface area contributed by atoms with E-state index in [0.29, 0.717) is 0 Å². The lowest BCUT2D eigenvalue weighted by atomic mass is 10.2. The van der Waals surface area contributed by atoms with Crippen LogP contribution in [0, 0.1) is 6.54 Å². The van der Waals surface area contributed by atoms with Gasteiger partial charge in [0.1, 0.15) is 0 Å². The van der Waals surface area contributed by atoms with Crippen molar-refractivity contribution in [2.45, 2.75) is 6.54 Å². The molecule has 1 radical (unpaired) electrons. The molecule has 1 N–H and O–H groups in total. The highest BCUT2D eigenvalue weighted by atomic mass is 35.5. The molecule has 0 bridgehead atoms. The molecule has 0 aliphatic rings. The minimum Gasteiger partial charge on any atom is -0.304 e. The van der Waals surface area contributed by atoms with Crippen molar-refractivity contribution in [3.8, 4) is 0 Å². The Morgan fingerprint density at radius 1 is 0.938 bits per heavy atom. The summed E-state index contributed by atoms with van der Waals surface area (Å²) in [5, 5.41) is 4.04. The van der Waals surface area contributed by atoms with Crippen molar-refractivity contribution in [3.63, 3.8) is 0 Å². The molecule has 0 atom stereocenters. The maximum Gasteiger partial charge on any atom is 0.0521 e. The van der Waals surface area contributed by atoms with Crippen LogP contribution < -0.4 is 5.32 Å². The lowest BCUT2D eigenvalue weighted by molar-refractivity contribution is 0.819. The van der Waals surface area contributed by atoms with E-state index < -0.39 is 0 Å². The number of hydrogen-bond donors (Lipinski definition) is 1. The summed E-state index contributed by atoms with van der Waals surface area (Å²) in [5.41, 5.74) is 2.40. The molecule has 0 saturated carbocycles. The molecule has 0 aliphatic heterocycles. The Kier molecular flexibility index (Phi) is 3.97. The van der Waals surface area contributed by atoms with Crippen LogP contribution in [0.1, 0.15) is 11.1 Å². The van der Waals surface area contributed by atoms with Gasteiger partial charge in [0.25, 0.3) is 0 Å². The molecule has 0 amide bonds. The fraction of sp³-hybridized carbons (Fsp3) is 0.0714. The first-order valence-electron chi connectivity index (χ1n) is 5.21. The van der Waals surface area contributed by atoms with Gasteiger partial charge in [0, 0.05) is 11.6 Å². The minimum atomic E-state index is 0.774. The third-order valence-corrected chi connectivity index (χ3v) is 2.54. The zero-order valence-corrected chi connectivity index (χ0v) is 9.61. The summed E-state index contributed by atoms with van der Waals surface area (Å²) in [6, 6.07) is 18.0. The maximum absolute atomic E-state index is 5.81. The van der Waals surface area contributed by atoms with E-state index in [4.69, 9.17) is 11.6 Å². The fourth-order valence-corrected chi connectivity index (χ4v) is 1.56. The molecule has 2 aromatic carbocycles. The topological polar surface area (TPSA) is 12.0 Å². The van der Waals surface area contributed by atoms with Crippen molar-refractivity contribution < 1.29 is 0 Å². The highest BCUT2D eigenvalue weighted by Gasteiger charge is 1.94. The lowest BCUT2D eigenvalue weighted by Crippen LogP contribution is -2.09. The van der Waals surface area contributed by atoms with Crippen LogP contribution in [0.4, 0.5) is 0 Å². The zero-order chi connectivity index (χ0) is 11.2. The Morgan fingerprint density at radius 2 is 1.62 bits per heavy atom. The lowest BCUT2D eigenvalue weighted by Gasteiger charge is -2.04. The Labute approximate surface area is 101 Å². The van der Waals surface area contributed by atoms with Gasteiger partial charge in [0.2, 0.25) is 0 Å². The van der Waals surface area contributed by atoms with E-state index in [1.807, 2.05) is 49.0 Å². The van der Waals surface area contributed by atoms with Gasteiger partial charge in [0.15, 0.2) is 0 Å². The molecular weight excluding hydrogens is 218 g/mol. The number of hydrogen-bond acceptors (Lipinski definition) is 1. The molecule has 0 fully saturated rings. The van der Waals surface area contributed by atoms with Gasteiger partial charge in [-0.1, -0.05) is 54.1 Å². The average Bonchev–Trinajstić information content (AvgIpc) is 2.33. The number of benzene rings is 2. The zero-order valence-electron chi connectivity index (χ0n) is 8.86. The SMILES string of the molecule is Clc1ccc(CN[CH]c2ccccc2)cc1. The first-order valence-corrected chi connectivity index (χ1v) is 5.58. The van der Waals surface area contributed by atoms with Crippen LogP contribution >= 0.6 is 11.6 Å². The van der Waals surface area contributed by atoms with E-state index in [0.717, 1.165) is 11.6 Å². The van der Waals surface area contributed by atoms with E-state index in [9.17, 15) is 0 Å². The summed E-state index contributed by atoms with van der Waals surface area (Å²) in [7, 11) is 0. The molecule has 2 rings (SSSR count). The maximum atomic E-state index is 5.81. The Bertz CT molecular complexity index is 422. The van der Waals surface area contributed by atoms with Crippen LogP contribution in [-0.4, -0.2) is 0 Å². The third kappa shape index (κ3) is 3.37. The van der Waals surface area contributed by atoms with E-state index in [1.54, 1.807) is 0 Å². The Morgan fingerprint density at radius 3 is 2.31 bits per heavy atom. The fourth-order valence-electron chi connectivity index (χ4n) is 1.44. The normalized spacial score (nSPS) is 10.3. The molecular formula is C14H13ClN. The Balaban J connectivity index is 1.82. The molecule has 0 unspecified atom stereocenters. The average molecular weight is 231 g/mol. The van der Waals surface area contributed by atoms with Gasteiger partial charge in [0.05, 0.1) is 6.54 Å². The van der Waals surface area contributed by atoms with Crippen LogP contribution in [0.5, 0.6) is 0 Å². The second-order valence-corrected chi connectivity index (χ2v) is 4.00. The molecule has 2 aromatic rings. The van der Waals surface area contributed by atoms with E-state index in [1.165, 1.54) is 11.1 Å². The molecule has 0 spiro atoms. The van der Waals surface area contributed by atoms with Gasteiger partial charge >= 0.3 is 0 Å². The quantitative estimate of drug-likeness (QED) is 0.846. The summed E-state index contributed by atoms with van der Waals surface area (Å²) in [6.07, 6.45) is 0. The molecule has 0 aromatic heterocycles. The van der Waals surface area contributed by atoms with E-state index in [2.05, 4.69) is 17.4 Å². The van der Waals surface area contributed by atoms with Gasteiger partial charge in [-0.3, -0.25) is 0 Å². The molecule has 0 saturated heterocycles. The van der Waals surface area contributed by atoms with Gasteiger partial charge in [-0.25, -0.2) is 0 Å². The molecule has 2 heteroatoms. The smallest absolute Gasteiger partial charge is 0.0521 e. The van der Waals surface area contributed by atoms with E-state index in [-0.39, 0.29) is 0 Å². The standard InChI is InChI=1S/C14H13ClN/c15-14-8-6-13(7-9-14)11-16-10-12-4-2-1-3-5-12/h1-10,16H,11H2. The van der Waals surface area contributed by atoms with Crippen LogP contribution in [0.25, 0.3) is 0 Å². The van der Waals surface area contributed by atoms with Gasteiger partial charge in [-0.15, -0.1) is 0 Å². The van der Waals surface area contributed by atoms with Crippen LogP contribution in [0.2, 0.25) is 5.02 Å². The summed E-state index contributed by atoms with van der Waals surface area (Å²) in [6.45, 7) is 2.82. The van der Waals surface area contributed by atoms with Crippen molar-refractivity contribution in [3.05, 3.63) is 77.3 Å². The molecule has 0 heterocycles. The molecule has 16 heavy (non-hydrogen) atoms. The highest BCUT2D eigenvalue weighted by Crippen LogP contribution is 2.09. The van der Waals surface area contributed by atoms with Crippen LogP contribution in [-0.2, 0) is 6.54 Å². The number of halogens is 1. The largest absolute Gasteiger partial charge is 0.304 e. The number of rotatable bonds is 4.